The third-order valence-electron chi connectivity index (χ3n) is 4.03. The number of aromatic nitrogens is 1. The Bertz CT molecular complexity index is 884. The van der Waals surface area contributed by atoms with Crippen molar-refractivity contribution < 1.29 is 32.9 Å². The number of benzene rings is 1. The lowest BCUT2D eigenvalue weighted by Crippen LogP contribution is -2.35. The molecule has 0 saturated heterocycles. The second-order valence-corrected chi connectivity index (χ2v) is 5.81. The number of carbonyl (C=O) groups excluding carboxylic acids is 2. The number of cyclic esters (lactones) is 1. The number of fused-ring (bicyclic) bond motifs is 2. The van der Waals surface area contributed by atoms with Crippen molar-refractivity contribution in [2.75, 3.05) is 13.2 Å². The van der Waals surface area contributed by atoms with Gasteiger partial charge in [0.05, 0.1) is 11.3 Å². The van der Waals surface area contributed by atoms with Crippen molar-refractivity contribution in [3.63, 3.8) is 0 Å². The van der Waals surface area contributed by atoms with E-state index in [9.17, 15) is 14.0 Å². The molecule has 3 heterocycles. The topological polar surface area (TPSA) is 84.0 Å². The van der Waals surface area contributed by atoms with Gasteiger partial charge in [0.25, 0.3) is 5.88 Å². The quantitative estimate of drug-likeness (QED) is 0.773. The van der Waals surface area contributed by atoms with Gasteiger partial charge in [-0.2, -0.15) is 0 Å². The Morgan fingerprint density at radius 2 is 2.08 bits per heavy atom. The highest BCUT2D eigenvalue weighted by atomic mass is 19.1. The van der Waals surface area contributed by atoms with Crippen molar-refractivity contribution in [3.05, 3.63) is 53.0 Å². The lowest BCUT2D eigenvalue weighted by atomic mass is 9.98. The van der Waals surface area contributed by atoms with Crippen LogP contribution in [0.1, 0.15) is 21.6 Å². The molecule has 26 heavy (non-hydrogen) atoms. The van der Waals surface area contributed by atoms with Gasteiger partial charge >= 0.3 is 11.9 Å². The Balaban J connectivity index is 1.41. The molecular formula is C18H14FNO6. The Hall–Kier alpha value is -3.16. The van der Waals surface area contributed by atoms with E-state index in [1.807, 2.05) is 0 Å². The van der Waals surface area contributed by atoms with Crippen molar-refractivity contribution in [1.29, 1.82) is 0 Å². The molecule has 1 unspecified atom stereocenters. The number of halogens is 1. The lowest BCUT2D eigenvalue weighted by molar-refractivity contribution is -0.155. The van der Waals surface area contributed by atoms with E-state index in [4.69, 9.17) is 18.9 Å². The Kier molecular flexibility index (Phi) is 4.16. The van der Waals surface area contributed by atoms with Gasteiger partial charge in [0.1, 0.15) is 25.6 Å². The zero-order chi connectivity index (χ0) is 18.1. The number of hydrogen-bond donors (Lipinski definition) is 0. The van der Waals surface area contributed by atoms with Gasteiger partial charge in [-0.3, -0.25) is 0 Å². The first kappa shape index (κ1) is 16.3. The molecule has 2 aromatic rings. The summed E-state index contributed by atoms with van der Waals surface area (Å²) in [7, 11) is 0. The van der Waals surface area contributed by atoms with Crippen LogP contribution in [0.5, 0.6) is 11.6 Å². The molecule has 1 aromatic heterocycles. The van der Waals surface area contributed by atoms with E-state index >= 15 is 0 Å². The Morgan fingerprint density at radius 3 is 2.96 bits per heavy atom. The average Bonchev–Trinajstić information content (AvgIpc) is 2.66. The molecule has 4 rings (SSSR count). The van der Waals surface area contributed by atoms with E-state index in [0.29, 0.717) is 36.1 Å². The Labute approximate surface area is 147 Å². The van der Waals surface area contributed by atoms with Crippen LogP contribution in [0.4, 0.5) is 4.39 Å². The van der Waals surface area contributed by atoms with Crippen molar-refractivity contribution >= 4 is 11.9 Å². The minimum atomic E-state index is -1.07. The van der Waals surface area contributed by atoms with E-state index < -0.39 is 23.9 Å². The number of nitrogens with zero attached hydrogens (tertiary/aromatic N) is 1. The molecule has 0 N–H and O–H groups in total. The van der Waals surface area contributed by atoms with E-state index in [1.165, 1.54) is 12.1 Å². The highest BCUT2D eigenvalue weighted by Gasteiger charge is 2.32. The standard InChI is InChI=1S/C18H14FNO6/c19-11-2-1-10-7-15(26-17(21)13(10)8-11)18(22)25-9-12-3-4-14-16(20-12)24-6-5-23-14/h1-4,8,15H,5-7,9H2. The molecule has 134 valence electrons. The third-order valence-corrected chi connectivity index (χ3v) is 4.03. The highest BCUT2D eigenvalue weighted by molar-refractivity contribution is 5.94. The second-order valence-electron chi connectivity index (χ2n) is 5.81. The molecule has 0 spiro atoms. The normalized spacial score (nSPS) is 17.9. The largest absolute Gasteiger partial charge is 0.484 e. The van der Waals surface area contributed by atoms with Crippen LogP contribution in [0.15, 0.2) is 30.3 Å². The van der Waals surface area contributed by atoms with Crippen LogP contribution in [-0.4, -0.2) is 36.2 Å². The summed E-state index contributed by atoms with van der Waals surface area (Å²) in [4.78, 5) is 28.4. The van der Waals surface area contributed by atoms with Gasteiger partial charge in [0.2, 0.25) is 6.10 Å². The molecule has 7 nitrogen and oxygen atoms in total. The summed E-state index contributed by atoms with van der Waals surface area (Å²) in [5.41, 5.74) is 1.15. The summed E-state index contributed by atoms with van der Waals surface area (Å²) in [6, 6.07) is 7.15. The van der Waals surface area contributed by atoms with Crippen LogP contribution >= 0.6 is 0 Å². The number of carbonyl (C=O) groups is 2. The molecule has 0 bridgehead atoms. The maximum absolute atomic E-state index is 13.2. The van der Waals surface area contributed by atoms with Crippen molar-refractivity contribution in [1.82, 2.24) is 4.98 Å². The lowest BCUT2D eigenvalue weighted by Gasteiger charge is -2.23. The summed E-state index contributed by atoms with van der Waals surface area (Å²) in [6.45, 7) is 0.766. The molecule has 0 radical (unpaired) electrons. The first-order valence-electron chi connectivity index (χ1n) is 8.02. The zero-order valence-electron chi connectivity index (χ0n) is 13.6. The van der Waals surface area contributed by atoms with Crippen LogP contribution in [0.3, 0.4) is 0 Å². The van der Waals surface area contributed by atoms with E-state index in [0.717, 1.165) is 6.07 Å². The first-order chi connectivity index (χ1) is 12.6. The highest BCUT2D eigenvalue weighted by Crippen LogP contribution is 2.28. The van der Waals surface area contributed by atoms with Crippen LogP contribution in [0.2, 0.25) is 0 Å². The van der Waals surface area contributed by atoms with Crippen molar-refractivity contribution in [3.8, 4) is 11.6 Å². The minimum Gasteiger partial charge on any atom is -0.484 e. The number of rotatable bonds is 3. The predicted molar refractivity (Wildman–Crippen MR) is 84.3 cm³/mol. The molecule has 2 aliphatic heterocycles. The van der Waals surface area contributed by atoms with E-state index in [2.05, 4.69) is 4.98 Å². The van der Waals surface area contributed by atoms with Crippen molar-refractivity contribution in [2.24, 2.45) is 0 Å². The van der Waals surface area contributed by atoms with Gasteiger partial charge in [-0.25, -0.2) is 19.0 Å². The molecule has 0 saturated carbocycles. The molecule has 1 atom stereocenters. The maximum Gasteiger partial charge on any atom is 0.348 e. The first-order valence-corrected chi connectivity index (χ1v) is 8.02. The van der Waals surface area contributed by atoms with Gasteiger partial charge in [-0.1, -0.05) is 6.07 Å². The number of pyridine rings is 1. The number of ether oxygens (including phenoxy) is 4. The minimum absolute atomic E-state index is 0.0974. The summed E-state index contributed by atoms with van der Waals surface area (Å²) < 4.78 is 34.2. The molecule has 0 amide bonds. The third kappa shape index (κ3) is 3.17. The van der Waals surface area contributed by atoms with E-state index in [-0.39, 0.29) is 18.6 Å². The fraction of sp³-hybridized carbons (Fsp3) is 0.278. The van der Waals surface area contributed by atoms with Gasteiger partial charge in [0.15, 0.2) is 5.75 Å². The second kappa shape index (κ2) is 6.62. The monoisotopic (exact) mass is 359 g/mol. The SMILES string of the molecule is O=C1OC(C(=O)OCc2ccc3c(n2)OCCO3)Cc2ccc(F)cc21. The molecule has 2 aliphatic rings. The predicted octanol–water partition coefficient (Wildman–Crippen LogP) is 1.82. The van der Waals surface area contributed by atoms with Crippen LogP contribution in [0.25, 0.3) is 0 Å². The summed E-state index contributed by atoms with van der Waals surface area (Å²) in [5.74, 6) is -1.08. The average molecular weight is 359 g/mol. The molecule has 8 heteroatoms. The maximum atomic E-state index is 13.2. The number of esters is 2. The molecule has 1 aromatic carbocycles. The fourth-order valence-corrected chi connectivity index (χ4v) is 2.77. The zero-order valence-corrected chi connectivity index (χ0v) is 13.6. The van der Waals surface area contributed by atoms with E-state index in [1.54, 1.807) is 12.1 Å². The molecular weight excluding hydrogens is 345 g/mol. The van der Waals surface area contributed by atoms with Crippen LogP contribution in [-0.2, 0) is 27.3 Å². The van der Waals surface area contributed by atoms with Crippen LogP contribution in [0, 0.1) is 5.82 Å². The van der Waals surface area contributed by atoms with Gasteiger partial charge in [-0.15, -0.1) is 0 Å². The summed E-state index contributed by atoms with van der Waals surface area (Å²) in [5, 5.41) is 0. The van der Waals surface area contributed by atoms with Crippen LogP contribution < -0.4 is 9.47 Å². The molecule has 0 fully saturated rings. The fourth-order valence-electron chi connectivity index (χ4n) is 2.77. The summed E-state index contributed by atoms with van der Waals surface area (Å²) >= 11 is 0. The van der Waals surface area contributed by atoms with Gasteiger partial charge in [0, 0.05) is 6.42 Å². The Morgan fingerprint density at radius 1 is 1.23 bits per heavy atom. The number of hydrogen-bond acceptors (Lipinski definition) is 7. The smallest absolute Gasteiger partial charge is 0.348 e. The molecule has 0 aliphatic carbocycles. The van der Waals surface area contributed by atoms with Crippen molar-refractivity contribution in [2.45, 2.75) is 19.1 Å². The van der Waals surface area contributed by atoms with Gasteiger partial charge < -0.3 is 18.9 Å². The van der Waals surface area contributed by atoms with Gasteiger partial charge in [-0.05, 0) is 29.8 Å². The summed E-state index contributed by atoms with van der Waals surface area (Å²) in [6.07, 6.45) is -0.938.